The first kappa shape index (κ1) is 18.2. The third-order valence-electron chi connectivity index (χ3n) is 4.11. The van der Waals surface area contributed by atoms with Gasteiger partial charge in [-0.15, -0.1) is 5.10 Å². The molecule has 29 heavy (non-hydrogen) atoms. The fourth-order valence-corrected chi connectivity index (χ4v) is 2.73. The van der Waals surface area contributed by atoms with Crippen molar-refractivity contribution in [2.45, 2.75) is 6.92 Å². The lowest BCUT2D eigenvalue weighted by Crippen LogP contribution is -2.15. The first-order valence-electron chi connectivity index (χ1n) is 8.86. The first-order valence-corrected chi connectivity index (χ1v) is 8.86. The Hall–Kier alpha value is -4.20. The largest absolute Gasteiger partial charge is 0.459 e. The van der Waals surface area contributed by atoms with Gasteiger partial charge in [0.25, 0.3) is 11.8 Å². The van der Waals surface area contributed by atoms with Crippen molar-refractivity contribution in [2.75, 3.05) is 10.6 Å². The van der Waals surface area contributed by atoms with Crippen molar-refractivity contribution in [3.63, 3.8) is 0 Å². The second kappa shape index (κ2) is 7.81. The van der Waals surface area contributed by atoms with Crippen molar-refractivity contribution in [1.29, 1.82) is 0 Å². The van der Waals surface area contributed by atoms with E-state index < -0.39 is 0 Å². The summed E-state index contributed by atoms with van der Waals surface area (Å²) in [6.07, 6.45) is 1.43. The first-order chi connectivity index (χ1) is 14.1. The highest BCUT2D eigenvalue weighted by molar-refractivity contribution is 6.05. The van der Waals surface area contributed by atoms with Crippen LogP contribution in [0.3, 0.4) is 0 Å². The van der Waals surface area contributed by atoms with Gasteiger partial charge < -0.3 is 15.1 Å². The number of carbonyl (C=O) groups excluding carboxylic acids is 2. The van der Waals surface area contributed by atoms with Gasteiger partial charge in [0.1, 0.15) is 0 Å². The number of anilines is 2. The minimum absolute atomic E-state index is 0.201. The molecule has 0 aliphatic carbocycles. The van der Waals surface area contributed by atoms with E-state index in [0.717, 1.165) is 5.69 Å². The molecule has 2 aromatic carbocycles. The van der Waals surface area contributed by atoms with Crippen molar-refractivity contribution in [3.8, 4) is 5.69 Å². The van der Waals surface area contributed by atoms with Gasteiger partial charge in [-0.1, -0.05) is 24.3 Å². The molecular weight excluding hydrogens is 370 g/mol. The van der Waals surface area contributed by atoms with Crippen molar-refractivity contribution in [3.05, 3.63) is 90.1 Å². The van der Waals surface area contributed by atoms with Crippen LogP contribution in [0.25, 0.3) is 5.69 Å². The fourth-order valence-electron chi connectivity index (χ4n) is 2.73. The van der Waals surface area contributed by atoms with Gasteiger partial charge in [0.2, 0.25) is 0 Å². The smallest absolute Gasteiger partial charge is 0.291 e. The van der Waals surface area contributed by atoms with Gasteiger partial charge in [-0.3, -0.25) is 9.59 Å². The predicted octanol–water partition coefficient (Wildman–Crippen LogP) is 3.67. The molecule has 8 heteroatoms. The molecule has 144 valence electrons. The lowest BCUT2D eigenvalue weighted by molar-refractivity contribution is 0.0994. The highest BCUT2D eigenvalue weighted by atomic mass is 16.3. The normalized spacial score (nSPS) is 10.5. The average Bonchev–Trinajstić information content (AvgIpc) is 3.39. The second-order valence-corrected chi connectivity index (χ2v) is 6.23. The van der Waals surface area contributed by atoms with E-state index >= 15 is 0 Å². The molecule has 8 nitrogen and oxygen atoms in total. The van der Waals surface area contributed by atoms with Crippen molar-refractivity contribution >= 4 is 23.2 Å². The molecular formula is C21H17N5O3. The Bertz CT molecular complexity index is 1150. The number of carbonyl (C=O) groups is 2. The number of aromatic nitrogens is 3. The molecule has 0 bridgehead atoms. The van der Waals surface area contributed by atoms with Gasteiger partial charge in [0.05, 0.1) is 17.6 Å². The summed E-state index contributed by atoms with van der Waals surface area (Å²) >= 11 is 0. The van der Waals surface area contributed by atoms with E-state index in [9.17, 15) is 9.59 Å². The van der Waals surface area contributed by atoms with E-state index in [2.05, 4.69) is 20.8 Å². The quantitative estimate of drug-likeness (QED) is 0.544. The Labute approximate surface area is 166 Å². The third kappa shape index (κ3) is 4.06. The molecule has 4 rings (SSSR count). The van der Waals surface area contributed by atoms with Crippen LogP contribution >= 0.6 is 0 Å². The van der Waals surface area contributed by atoms with E-state index in [1.54, 1.807) is 43.3 Å². The van der Waals surface area contributed by atoms with Gasteiger partial charge in [-0.25, -0.2) is 0 Å². The maximum atomic E-state index is 12.7. The van der Waals surface area contributed by atoms with Gasteiger partial charge in [0, 0.05) is 11.4 Å². The zero-order chi connectivity index (χ0) is 20.2. The number of nitrogens with zero attached hydrogens (tertiary/aromatic N) is 3. The number of hydrogen-bond donors (Lipinski definition) is 2. The summed E-state index contributed by atoms with van der Waals surface area (Å²) in [4.78, 5) is 26.2. The molecule has 0 atom stereocenters. The molecule has 2 heterocycles. The van der Waals surface area contributed by atoms with Crippen LogP contribution in [0.5, 0.6) is 0 Å². The Morgan fingerprint density at radius 3 is 2.28 bits per heavy atom. The maximum Gasteiger partial charge on any atom is 0.291 e. The summed E-state index contributed by atoms with van der Waals surface area (Å²) in [5.74, 6) is -0.563. The highest BCUT2D eigenvalue weighted by Gasteiger charge is 2.17. The van der Waals surface area contributed by atoms with E-state index in [0.29, 0.717) is 17.1 Å². The topological polar surface area (TPSA) is 102 Å². The summed E-state index contributed by atoms with van der Waals surface area (Å²) in [5.41, 5.74) is 2.53. The van der Waals surface area contributed by atoms with Crippen LogP contribution in [0.2, 0.25) is 0 Å². The van der Waals surface area contributed by atoms with Crippen LogP contribution in [0, 0.1) is 6.92 Å². The van der Waals surface area contributed by atoms with Crippen LogP contribution in [0.1, 0.15) is 26.7 Å². The van der Waals surface area contributed by atoms with Crippen molar-refractivity contribution in [2.24, 2.45) is 0 Å². The Kier molecular flexibility index (Phi) is 4.90. The summed E-state index contributed by atoms with van der Waals surface area (Å²) in [5, 5.41) is 14.1. The number of rotatable bonds is 5. The molecule has 0 aliphatic heterocycles. The van der Waals surface area contributed by atoms with E-state index in [1.807, 2.05) is 30.3 Å². The molecule has 0 saturated carbocycles. The average molecular weight is 387 g/mol. The molecule has 2 aromatic heterocycles. The van der Waals surface area contributed by atoms with Crippen LogP contribution in [0.15, 0.2) is 77.4 Å². The fraction of sp³-hybridized carbons (Fsp3) is 0.0476. The third-order valence-corrected chi connectivity index (χ3v) is 4.11. The summed E-state index contributed by atoms with van der Waals surface area (Å²) in [6, 6.07) is 19.4. The minimum Gasteiger partial charge on any atom is -0.459 e. The summed E-state index contributed by atoms with van der Waals surface area (Å²) in [6.45, 7) is 1.72. The van der Waals surface area contributed by atoms with Crippen molar-refractivity contribution < 1.29 is 14.0 Å². The van der Waals surface area contributed by atoms with Gasteiger partial charge in [0.15, 0.2) is 11.5 Å². The maximum absolute atomic E-state index is 12.7. The molecule has 0 radical (unpaired) electrons. The standard InChI is InChI=1S/C21H17N5O3/c1-14-19(25-26(24-14)17-9-3-2-4-10-17)21(28)23-16-8-5-7-15(13-16)22-20(27)18-11-6-12-29-18/h2-13H,1H3,(H,22,27)(H,23,28). The van der Waals surface area contributed by atoms with Gasteiger partial charge >= 0.3 is 0 Å². The summed E-state index contributed by atoms with van der Waals surface area (Å²) < 4.78 is 5.07. The zero-order valence-electron chi connectivity index (χ0n) is 15.5. The monoisotopic (exact) mass is 387 g/mol. The Balaban J connectivity index is 1.49. The molecule has 0 unspecified atom stereocenters. The number of para-hydroxylation sites is 1. The van der Waals surface area contributed by atoms with Crippen LogP contribution in [-0.2, 0) is 0 Å². The molecule has 4 aromatic rings. The molecule has 0 spiro atoms. The lowest BCUT2D eigenvalue weighted by atomic mass is 10.2. The number of nitrogens with one attached hydrogen (secondary N) is 2. The number of furan rings is 1. The SMILES string of the molecule is Cc1nn(-c2ccccc2)nc1C(=O)Nc1cccc(NC(=O)c2ccco2)c1. The van der Waals surface area contributed by atoms with E-state index in [4.69, 9.17) is 4.42 Å². The Morgan fingerprint density at radius 2 is 1.59 bits per heavy atom. The highest BCUT2D eigenvalue weighted by Crippen LogP contribution is 2.18. The molecule has 0 fully saturated rings. The molecule has 2 N–H and O–H groups in total. The summed E-state index contributed by atoms with van der Waals surface area (Å²) in [7, 11) is 0. The van der Waals surface area contributed by atoms with E-state index in [-0.39, 0.29) is 23.3 Å². The van der Waals surface area contributed by atoms with Gasteiger partial charge in [-0.05, 0) is 49.4 Å². The molecule has 2 amide bonds. The Morgan fingerprint density at radius 1 is 0.862 bits per heavy atom. The number of amides is 2. The predicted molar refractivity (Wildman–Crippen MR) is 107 cm³/mol. The molecule has 0 saturated heterocycles. The van der Waals surface area contributed by atoms with Gasteiger partial charge in [-0.2, -0.15) is 9.90 Å². The minimum atomic E-state index is -0.390. The van der Waals surface area contributed by atoms with Crippen LogP contribution < -0.4 is 10.6 Å². The second-order valence-electron chi connectivity index (χ2n) is 6.23. The van der Waals surface area contributed by atoms with Crippen molar-refractivity contribution in [1.82, 2.24) is 15.0 Å². The number of hydrogen-bond acceptors (Lipinski definition) is 5. The van der Waals surface area contributed by atoms with Crippen LogP contribution in [-0.4, -0.2) is 26.8 Å². The van der Waals surface area contributed by atoms with Crippen LogP contribution in [0.4, 0.5) is 11.4 Å². The number of benzene rings is 2. The molecule has 0 aliphatic rings. The lowest BCUT2D eigenvalue weighted by Gasteiger charge is -2.07. The van der Waals surface area contributed by atoms with E-state index in [1.165, 1.54) is 11.1 Å². The zero-order valence-corrected chi connectivity index (χ0v) is 15.5. The number of aryl methyl sites for hydroxylation is 1.